The van der Waals surface area contributed by atoms with E-state index in [-0.39, 0.29) is 11.6 Å². The highest BCUT2D eigenvalue weighted by Gasteiger charge is 2.36. The maximum absolute atomic E-state index is 6.16. The van der Waals surface area contributed by atoms with Crippen LogP contribution in [0.5, 0.6) is 0 Å². The molecular weight excluding hydrogens is 257 g/mol. The lowest BCUT2D eigenvalue weighted by Crippen LogP contribution is -2.47. The SMILES string of the molecule is CC1OCCC1(C)NCc1cccc(Cl)c1Cl. The van der Waals surface area contributed by atoms with E-state index in [4.69, 9.17) is 27.9 Å². The Morgan fingerprint density at radius 1 is 1.47 bits per heavy atom. The first kappa shape index (κ1) is 13.2. The van der Waals surface area contributed by atoms with Gasteiger partial charge < -0.3 is 10.1 Å². The van der Waals surface area contributed by atoms with Crippen molar-refractivity contribution in [3.63, 3.8) is 0 Å². The Kier molecular flexibility index (Phi) is 3.99. The van der Waals surface area contributed by atoms with Gasteiger partial charge in [0.25, 0.3) is 0 Å². The van der Waals surface area contributed by atoms with Crippen molar-refractivity contribution in [2.24, 2.45) is 0 Å². The van der Waals surface area contributed by atoms with Gasteiger partial charge in [0.2, 0.25) is 0 Å². The summed E-state index contributed by atoms with van der Waals surface area (Å²) in [4.78, 5) is 0. The maximum atomic E-state index is 6.16. The van der Waals surface area contributed by atoms with Crippen LogP contribution in [-0.2, 0) is 11.3 Å². The molecule has 1 aromatic rings. The molecule has 2 nitrogen and oxygen atoms in total. The first-order valence-corrected chi connectivity index (χ1v) is 6.58. The highest BCUT2D eigenvalue weighted by Crippen LogP contribution is 2.28. The summed E-state index contributed by atoms with van der Waals surface area (Å²) >= 11 is 12.1. The van der Waals surface area contributed by atoms with Crippen molar-refractivity contribution in [2.75, 3.05) is 6.61 Å². The molecule has 4 heteroatoms. The summed E-state index contributed by atoms with van der Waals surface area (Å²) in [6, 6.07) is 5.71. The molecule has 1 heterocycles. The zero-order valence-corrected chi connectivity index (χ0v) is 11.6. The maximum Gasteiger partial charge on any atom is 0.0726 e. The zero-order chi connectivity index (χ0) is 12.5. The van der Waals surface area contributed by atoms with Gasteiger partial charge in [-0.2, -0.15) is 0 Å². The van der Waals surface area contributed by atoms with E-state index in [0.29, 0.717) is 16.6 Å². The molecule has 0 aromatic heterocycles. The normalized spacial score (nSPS) is 28.6. The summed E-state index contributed by atoms with van der Waals surface area (Å²) in [5, 5.41) is 4.76. The second kappa shape index (κ2) is 5.15. The van der Waals surface area contributed by atoms with E-state index in [9.17, 15) is 0 Å². The molecule has 0 radical (unpaired) electrons. The average molecular weight is 274 g/mol. The van der Waals surface area contributed by atoms with Crippen LogP contribution in [0.15, 0.2) is 18.2 Å². The topological polar surface area (TPSA) is 21.3 Å². The van der Waals surface area contributed by atoms with Gasteiger partial charge in [-0.3, -0.25) is 0 Å². The number of hydrogen-bond acceptors (Lipinski definition) is 2. The molecule has 17 heavy (non-hydrogen) atoms. The van der Waals surface area contributed by atoms with Gasteiger partial charge in [0.05, 0.1) is 16.1 Å². The van der Waals surface area contributed by atoms with E-state index in [2.05, 4.69) is 19.2 Å². The third kappa shape index (κ3) is 2.76. The minimum absolute atomic E-state index is 0.0195. The third-order valence-electron chi connectivity index (χ3n) is 3.60. The Bertz CT molecular complexity index is 410. The van der Waals surface area contributed by atoms with Gasteiger partial charge in [0.1, 0.15) is 0 Å². The number of ether oxygens (including phenoxy) is 1. The monoisotopic (exact) mass is 273 g/mol. The molecule has 2 atom stereocenters. The highest BCUT2D eigenvalue weighted by molar-refractivity contribution is 6.42. The summed E-state index contributed by atoms with van der Waals surface area (Å²) in [7, 11) is 0. The van der Waals surface area contributed by atoms with Crippen molar-refractivity contribution in [3.8, 4) is 0 Å². The summed E-state index contributed by atoms with van der Waals surface area (Å²) in [6.45, 7) is 5.81. The smallest absolute Gasteiger partial charge is 0.0726 e. The first-order valence-electron chi connectivity index (χ1n) is 5.82. The number of benzene rings is 1. The van der Waals surface area contributed by atoms with E-state index < -0.39 is 0 Å². The fourth-order valence-electron chi connectivity index (χ4n) is 2.05. The van der Waals surface area contributed by atoms with Crippen molar-refractivity contribution in [2.45, 2.75) is 38.5 Å². The number of hydrogen-bond donors (Lipinski definition) is 1. The van der Waals surface area contributed by atoms with Gasteiger partial charge in [0, 0.05) is 18.7 Å². The van der Waals surface area contributed by atoms with Crippen LogP contribution >= 0.6 is 23.2 Å². The first-order chi connectivity index (χ1) is 8.03. The van der Waals surface area contributed by atoms with E-state index in [0.717, 1.165) is 18.6 Å². The van der Waals surface area contributed by atoms with Gasteiger partial charge in [-0.1, -0.05) is 35.3 Å². The molecule has 1 N–H and O–H groups in total. The third-order valence-corrected chi connectivity index (χ3v) is 4.46. The van der Waals surface area contributed by atoms with Crippen LogP contribution in [0.2, 0.25) is 10.0 Å². The van der Waals surface area contributed by atoms with Crippen LogP contribution in [0.25, 0.3) is 0 Å². The van der Waals surface area contributed by atoms with Gasteiger partial charge in [-0.25, -0.2) is 0 Å². The minimum atomic E-state index is 0.0195. The van der Waals surface area contributed by atoms with Crippen LogP contribution in [0, 0.1) is 0 Å². The molecule has 2 unspecified atom stereocenters. The molecule has 94 valence electrons. The molecule has 1 fully saturated rings. The largest absolute Gasteiger partial charge is 0.377 e. The Hall–Kier alpha value is -0.280. The lowest BCUT2D eigenvalue weighted by atomic mass is 9.94. The van der Waals surface area contributed by atoms with Crippen LogP contribution in [0.1, 0.15) is 25.8 Å². The lowest BCUT2D eigenvalue weighted by molar-refractivity contribution is 0.0881. The van der Waals surface area contributed by atoms with E-state index in [1.165, 1.54) is 0 Å². The standard InChI is InChI=1S/C13H17Cl2NO/c1-9-13(2,6-7-17-9)16-8-10-4-3-5-11(14)12(10)15/h3-5,9,16H,6-8H2,1-2H3. The molecule has 0 saturated carbocycles. The van der Waals surface area contributed by atoms with Gasteiger partial charge in [0.15, 0.2) is 0 Å². The summed E-state index contributed by atoms with van der Waals surface area (Å²) in [5.74, 6) is 0. The quantitative estimate of drug-likeness (QED) is 0.908. The van der Waals surface area contributed by atoms with Crippen molar-refractivity contribution in [1.29, 1.82) is 0 Å². The number of rotatable bonds is 3. The number of halogens is 2. The van der Waals surface area contributed by atoms with Gasteiger partial charge in [-0.15, -0.1) is 0 Å². The van der Waals surface area contributed by atoms with Crippen LogP contribution in [0.4, 0.5) is 0 Å². The fourth-order valence-corrected chi connectivity index (χ4v) is 2.44. The van der Waals surface area contributed by atoms with Crippen molar-refractivity contribution in [1.82, 2.24) is 5.32 Å². The average Bonchev–Trinajstić information content (AvgIpc) is 2.62. The predicted molar refractivity (Wildman–Crippen MR) is 71.7 cm³/mol. The predicted octanol–water partition coefficient (Wildman–Crippen LogP) is 3.65. The Morgan fingerprint density at radius 3 is 2.88 bits per heavy atom. The lowest BCUT2D eigenvalue weighted by Gasteiger charge is -2.29. The molecule has 0 spiro atoms. The molecule has 0 aliphatic carbocycles. The zero-order valence-electron chi connectivity index (χ0n) is 10.1. The molecule has 1 aliphatic heterocycles. The van der Waals surface area contributed by atoms with Crippen LogP contribution in [0.3, 0.4) is 0 Å². The molecular formula is C13H17Cl2NO. The van der Waals surface area contributed by atoms with Crippen LogP contribution < -0.4 is 5.32 Å². The fraction of sp³-hybridized carbons (Fsp3) is 0.538. The Labute approximate surface area is 112 Å². The molecule has 0 amide bonds. The van der Waals surface area contributed by atoms with E-state index in [1.54, 1.807) is 6.07 Å². The Balaban J connectivity index is 2.05. The van der Waals surface area contributed by atoms with Crippen molar-refractivity contribution >= 4 is 23.2 Å². The van der Waals surface area contributed by atoms with Gasteiger partial charge >= 0.3 is 0 Å². The summed E-state index contributed by atoms with van der Waals surface area (Å²) in [5.41, 5.74) is 1.05. The molecule has 1 aromatic carbocycles. The van der Waals surface area contributed by atoms with Crippen molar-refractivity contribution in [3.05, 3.63) is 33.8 Å². The van der Waals surface area contributed by atoms with Gasteiger partial charge in [-0.05, 0) is 31.9 Å². The summed E-state index contributed by atoms with van der Waals surface area (Å²) in [6.07, 6.45) is 1.24. The second-order valence-electron chi connectivity index (χ2n) is 4.75. The Morgan fingerprint density at radius 2 is 2.24 bits per heavy atom. The molecule has 1 aliphatic rings. The summed E-state index contributed by atoms with van der Waals surface area (Å²) < 4.78 is 5.59. The van der Waals surface area contributed by atoms with Crippen LogP contribution in [-0.4, -0.2) is 18.2 Å². The van der Waals surface area contributed by atoms with E-state index >= 15 is 0 Å². The van der Waals surface area contributed by atoms with E-state index in [1.807, 2.05) is 12.1 Å². The minimum Gasteiger partial charge on any atom is -0.377 e. The molecule has 2 rings (SSSR count). The molecule has 0 bridgehead atoms. The second-order valence-corrected chi connectivity index (χ2v) is 5.53. The molecule has 1 saturated heterocycles. The van der Waals surface area contributed by atoms with Crippen molar-refractivity contribution < 1.29 is 4.74 Å². The number of nitrogens with one attached hydrogen (secondary N) is 1. The highest BCUT2D eigenvalue weighted by atomic mass is 35.5.